The van der Waals surface area contributed by atoms with Crippen LogP contribution in [0, 0.1) is 13.8 Å². The third kappa shape index (κ3) is 2.30. The Balaban J connectivity index is 2.62. The number of hydrogen-bond acceptors (Lipinski definition) is 3. The maximum absolute atomic E-state index is 5.47. The molecule has 0 radical (unpaired) electrons. The summed E-state index contributed by atoms with van der Waals surface area (Å²) in [6, 6.07) is 8.15. The normalized spacial score (nSPS) is 10.2. The minimum absolute atomic E-state index is 0.869. The van der Waals surface area contributed by atoms with Gasteiger partial charge >= 0.3 is 0 Å². The molecule has 0 aliphatic carbocycles. The third-order valence-electron chi connectivity index (χ3n) is 2.97. The largest absolute Gasteiger partial charge is 0.496 e. The topological polar surface area (TPSA) is 34.2 Å². The molecule has 0 atom stereocenters. The number of aromatic nitrogens is 1. The van der Waals surface area contributed by atoms with Crippen LogP contribution in [0.15, 0.2) is 30.5 Å². The van der Waals surface area contributed by atoms with Gasteiger partial charge in [-0.3, -0.25) is 4.98 Å². The molecule has 0 saturated heterocycles. The van der Waals surface area contributed by atoms with Crippen molar-refractivity contribution in [2.75, 3.05) is 19.5 Å². The van der Waals surface area contributed by atoms with E-state index in [0.29, 0.717) is 0 Å². The van der Waals surface area contributed by atoms with Gasteiger partial charge in [-0.15, -0.1) is 0 Å². The van der Waals surface area contributed by atoms with Gasteiger partial charge in [0.25, 0.3) is 0 Å². The fraction of sp³-hybridized carbons (Fsp3) is 0.267. The summed E-state index contributed by atoms with van der Waals surface area (Å²) in [6.07, 6.45) is 1.81. The van der Waals surface area contributed by atoms with Crippen molar-refractivity contribution in [3.05, 3.63) is 41.6 Å². The van der Waals surface area contributed by atoms with Crippen molar-refractivity contribution < 1.29 is 4.74 Å². The Morgan fingerprint density at radius 3 is 2.61 bits per heavy atom. The zero-order valence-corrected chi connectivity index (χ0v) is 11.2. The molecule has 1 heterocycles. The van der Waals surface area contributed by atoms with E-state index in [0.717, 1.165) is 22.7 Å². The van der Waals surface area contributed by atoms with E-state index in [2.05, 4.69) is 30.2 Å². The number of nitrogens with one attached hydrogen (secondary N) is 1. The Bertz CT molecular complexity index is 564. The highest BCUT2D eigenvalue weighted by Crippen LogP contribution is 2.33. The first-order valence-electron chi connectivity index (χ1n) is 5.95. The molecule has 0 aliphatic heterocycles. The van der Waals surface area contributed by atoms with Crippen LogP contribution in [0.1, 0.15) is 11.1 Å². The number of hydrogen-bond donors (Lipinski definition) is 1. The molecule has 0 amide bonds. The summed E-state index contributed by atoms with van der Waals surface area (Å²) in [4.78, 5) is 4.44. The molecular formula is C15H18N2O. The van der Waals surface area contributed by atoms with Gasteiger partial charge in [-0.25, -0.2) is 0 Å². The standard InChI is InChI=1S/C15H18N2O/c1-10-7-11(2)15(14(8-10)18-4)13-9-12(16-3)5-6-17-13/h5-9H,1-4H3,(H,16,17). The fourth-order valence-electron chi connectivity index (χ4n) is 2.14. The number of ether oxygens (including phenoxy) is 1. The molecule has 3 heteroatoms. The second-order valence-corrected chi connectivity index (χ2v) is 4.34. The zero-order valence-electron chi connectivity index (χ0n) is 11.2. The van der Waals surface area contributed by atoms with Crippen LogP contribution in [-0.4, -0.2) is 19.1 Å². The van der Waals surface area contributed by atoms with Gasteiger partial charge in [0.2, 0.25) is 0 Å². The predicted octanol–water partition coefficient (Wildman–Crippen LogP) is 3.42. The monoisotopic (exact) mass is 242 g/mol. The first kappa shape index (κ1) is 12.4. The molecule has 1 N–H and O–H groups in total. The molecule has 0 spiro atoms. The van der Waals surface area contributed by atoms with Gasteiger partial charge in [0.1, 0.15) is 5.75 Å². The number of anilines is 1. The van der Waals surface area contributed by atoms with Crippen LogP contribution in [0.3, 0.4) is 0 Å². The molecule has 2 rings (SSSR count). The summed E-state index contributed by atoms with van der Waals surface area (Å²) in [7, 11) is 3.60. The first-order chi connectivity index (χ1) is 8.65. The van der Waals surface area contributed by atoms with Gasteiger partial charge < -0.3 is 10.1 Å². The summed E-state index contributed by atoms with van der Waals surface area (Å²) in [5.74, 6) is 0.869. The Morgan fingerprint density at radius 1 is 1.17 bits per heavy atom. The summed E-state index contributed by atoms with van der Waals surface area (Å²) in [5, 5.41) is 3.12. The molecule has 3 nitrogen and oxygen atoms in total. The van der Waals surface area contributed by atoms with Gasteiger partial charge in [0, 0.05) is 24.5 Å². The lowest BCUT2D eigenvalue weighted by Crippen LogP contribution is -1.96. The van der Waals surface area contributed by atoms with Crippen LogP contribution >= 0.6 is 0 Å². The second kappa shape index (κ2) is 5.08. The highest BCUT2D eigenvalue weighted by atomic mass is 16.5. The number of methoxy groups -OCH3 is 1. The van der Waals surface area contributed by atoms with Crippen LogP contribution in [0.25, 0.3) is 11.3 Å². The quantitative estimate of drug-likeness (QED) is 0.895. The van der Waals surface area contributed by atoms with Crippen molar-refractivity contribution in [3.8, 4) is 17.0 Å². The zero-order chi connectivity index (χ0) is 13.1. The Kier molecular flexibility index (Phi) is 3.51. The third-order valence-corrected chi connectivity index (χ3v) is 2.97. The minimum atomic E-state index is 0.869. The first-order valence-corrected chi connectivity index (χ1v) is 5.95. The molecule has 0 unspecified atom stereocenters. The van der Waals surface area contributed by atoms with Gasteiger partial charge in [-0.05, 0) is 43.2 Å². The van der Waals surface area contributed by atoms with Crippen LogP contribution in [0.2, 0.25) is 0 Å². The molecule has 0 fully saturated rings. The predicted molar refractivity (Wildman–Crippen MR) is 75.2 cm³/mol. The summed E-state index contributed by atoms with van der Waals surface area (Å²) in [5.41, 5.74) is 5.39. The lowest BCUT2D eigenvalue weighted by Gasteiger charge is -2.13. The van der Waals surface area contributed by atoms with Gasteiger partial charge in [-0.1, -0.05) is 6.07 Å². The molecule has 2 aromatic rings. The molecule has 0 aliphatic rings. The summed E-state index contributed by atoms with van der Waals surface area (Å²) in [6.45, 7) is 4.15. The Hall–Kier alpha value is -2.03. The smallest absolute Gasteiger partial charge is 0.128 e. The highest BCUT2D eigenvalue weighted by molar-refractivity contribution is 5.73. The highest BCUT2D eigenvalue weighted by Gasteiger charge is 2.11. The minimum Gasteiger partial charge on any atom is -0.496 e. The van der Waals surface area contributed by atoms with Crippen molar-refractivity contribution in [2.45, 2.75) is 13.8 Å². The Morgan fingerprint density at radius 2 is 1.94 bits per heavy atom. The van der Waals surface area contributed by atoms with Crippen LogP contribution in [0.5, 0.6) is 5.75 Å². The van der Waals surface area contributed by atoms with Crippen molar-refractivity contribution >= 4 is 5.69 Å². The van der Waals surface area contributed by atoms with E-state index in [1.807, 2.05) is 25.2 Å². The number of benzene rings is 1. The van der Waals surface area contributed by atoms with Crippen molar-refractivity contribution in [1.29, 1.82) is 0 Å². The number of nitrogens with zero attached hydrogens (tertiary/aromatic N) is 1. The van der Waals surface area contributed by atoms with Crippen LogP contribution in [0.4, 0.5) is 5.69 Å². The lowest BCUT2D eigenvalue weighted by atomic mass is 10.0. The molecule has 1 aromatic carbocycles. The Labute approximate surface area is 108 Å². The van der Waals surface area contributed by atoms with E-state index in [1.54, 1.807) is 13.3 Å². The maximum atomic E-state index is 5.47. The van der Waals surface area contributed by atoms with Crippen molar-refractivity contribution in [3.63, 3.8) is 0 Å². The molecule has 0 bridgehead atoms. The maximum Gasteiger partial charge on any atom is 0.128 e. The van der Waals surface area contributed by atoms with Crippen molar-refractivity contribution in [2.24, 2.45) is 0 Å². The molecule has 18 heavy (non-hydrogen) atoms. The SMILES string of the molecule is CNc1ccnc(-c2c(C)cc(C)cc2OC)c1. The molecule has 94 valence electrons. The van der Waals surface area contributed by atoms with Crippen LogP contribution < -0.4 is 10.1 Å². The van der Waals surface area contributed by atoms with E-state index in [-0.39, 0.29) is 0 Å². The van der Waals surface area contributed by atoms with E-state index in [9.17, 15) is 0 Å². The molecular weight excluding hydrogens is 224 g/mol. The van der Waals surface area contributed by atoms with Gasteiger partial charge in [0.05, 0.1) is 12.8 Å². The average molecular weight is 242 g/mol. The van der Waals surface area contributed by atoms with E-state index >= 15 is 0 Å². The lowest BCUT2D eigenvalue weighted by molar-refractivity contribution is 0.415. The number of aryl methyl sites for hydroxylation is 2. The van der Waals surface area contributed by atoms with Crippen LogP contribution in [-0.2, 0) is 0 Å². The van der Waals surface area contributed by atoms with E-state index in [4.69, 9.17) is 4.74 Å². The average Bonchev–Trinajstić information content (AvgIpc) is 2.37. The van der Waals surface area contributed by atoms with E-state index in [1.165, 1.54) is 11.1 Å². The molecule has 1 aromatic heterocycles. The summed E-state index contributed by atoms with van der Waals surface area (Å²) >= 11 is 0. The molecule has 0 saturated carbocycles. The van der Waals surface area contributed by atoms with Gasteiger partial charge in [-0.2, -0.15) is 0 Å². The number of rotatable bonds is 3. The fourth-order valence-corrected chi connectivity index (χ4v) is 2.14. The summed E-state index contributed by atoms with van der Waals surface area (Å²) < 4.78 is 5.47. The van der Waals surface area contributed by atoms with Gasteiger partial charge in [0.15, 0.2) is 0 Å². The number of pyridine rings is 1. The second-order valence-electron chi connectivity index (χ2n) is 4.34. The van der Waals surface area contributed by atoms with Crippen molar-refractivity contribution in [1.82, 2.24) is 4.98 Å². The van der Waals surface area contributed by atoms with E-state index < -0.39 is 0 Å².